The summed E-state index contributed by atoms with van der Waals surface area (Å²) in [5, 5.41) is 0. The molecule has 13 heavy (non-hydrogen) atoms. The van der Waals surface area contributed by atoms with E-state index in [-0.39, 0.29) is 0 Å². The Hall–Kier alpha value is -0.228. The zero-order chi connectivity index (χ0) is 9.94. The van der Waals surface area contributed by atoms with Crippen LogP contribution in [-0.4, -0.2) is 14.2 Å². The molecule has 1 aromatic rings. The van der Waals surface area contributed by atoms with Gasteiger partial charge in [-0.3, -0.25) is 0 Å². The minimum absolute atomic E-state index is 1.03. The third-order valence-electron chi connectivity index (χ3n) is 1.55. The van der Waals surface area contributed by atoms with Gasteiger partial charge in [-0.25, -0.2) is 4.57 Å². The first-order valence-corrected chi connectivity index (χ1v) is 6.54. The molecule has 0 aliphatic rings. The van der Waals surface area contributed by atoms with Crippen molar-refractivity contribution in [2.75, 3.05) is 0 Å². The molecule has 0 saturated carbocycles. The van der Waals surface area contributed by atoms with Crippen LogP contribution < -0.4 is 4.57 Å². The second-order valence-electron chi connectivity index (χ2n) is 2.56. The quantitative estimate of drug-likeness (QED) is 0.557. The zero-order valence-corrected chi connectivity index (χ0v) is 9.73. The third kappa shape index (κ3) is 8.11. The van der Waals surface area contributed by atoms with E-state index in [9.17, 15) is 0 Å². The summed E-state index contributed by atoms with van der Waals surface area (Å²) < 4.78 is 11.0. The van der Waals surface area contributed by atoms with Gasteiger partial charge < -0.3 is 0 Å². The van der Waals surface area contributed by atoms with Gasteiger partial charge in [-0.05, 0) is 0 Å². The van der Waals surface area contributed by atoms with Crippen LogP contribution in [0.4, 0.5) is 0 Å². The second-order valence-corrected chi connectivity index (χ2v) is 3.27. The number of hydrogen-bond donors (Lipinski definition) is 0. The van der Waals surface area contributed by atoms with Crippen LogP contribution in [0.15, 0.2) is 30.6 Å². The average Bonchev–Trinajstić information content (AvgIpc) is 2.18. The van der Waals surface area contributed by atoms with Crippen LogP contribution >= 0.6 is 10.0 Å². The Balaban J connectivity index is 0.000000424. The number of rotatable bonds is 3. The van der Waals surface area contributed by atoms with Crippen molar-refractivity contribution in [2.24, 2.45) is 0 Å². The number of unbranched alkanes of at least 4 members (excludes halogenated alkanes) is 1. The van der Waals surface area contributed by atoms with Crippen molar-refractivity contribution in [1.29, 1.82) is 0 Å². The van der Waals surface area contributed by atoms with Crippen LogP contribution in [0, 0.1) is 0 Å². The van der Waals surface area contributed by atoms with Gasteiger partial charge in [0.05, 0.1) is 0 Å². The maximum atomic E-state index is 8.78. The molecule has 0 aliphatic heterocycles. The van der Waals surface area contributed by atoms with Crippen LogP contribution in [0.5, 0.6) is 0 Å². The molecule has 0 N–H and O–H groups in total. The number of halogens is 1. The summed E-state index contributed by atoms with van der Waals surface area (Å²) >= 11 is -1.03. The molecule has 4 heteroatoms. The van der Waals surface area contributed by atoms with Crippen LogP contribution in [-0.2, 0) is 10.3 Å². The van der Waals surface area contributed by atoms with Crippen LogP contribution in [0.25, 0.3) is 0 Å². The Labute approximate surface area is 89.7 Å². The van der Waals surface area contributed by atoms with Crippen LogP contribution in [0.1, 0.15) is 19.8 Å². The molecule has 0 spiro atoms. The Bertz CT molecular complexity index is 218. The summed E-state index contributed by atoms with van der Waals surface area (Å²) in [5.41, 5.74) is 0. The molecule has 0 saturated heterocycles. The van der Waals surface area contributed by atoms with Gasteiger partial charge in [-0.2, -0.15) is 0 Å². The predicted molar refractivity (Wildman–Crippen MR) is 53.8 cm³/mol. The summed E-state index contributed by atoms with van der Waals surface area (Å²) in [6.07, 6.45) is 6.75. The Morgan fingerprint density at radius 3 is 2.31 bits per heavy atom. The first-order chi connectivity index (χ1) is 6.35. The average molecular weight is 215 g/mol. The summed E-state index contributed by atoms with van der Waals surface area (Å²) in [6, 6.07) is 6.17. The van der Waals surface area contributed by atoms with Crippen molar-refractivity contribution in [2.45, 2.75) is 26.3 Å². The predicted octanol–water partition coefficient (Wildman–Crippen LogP) is 1.96. The Morgan fingerprint density at radius 2 is 1.85 bits per heavy atom. The van der Waals surface area contributed by atoms with Crippen molar-refractivity contribution in [1.82, 2.24) is 0 Å². The van der Waals surface area contributed by atoms with Gasteiger partial charge in [-0.1, -0.05) is 19.4 Å². The molecule has 0 fully saturated rings. The molecule has 0 radical (unpaired) electrons. The van der Waals surface area contributed by atoms with Crippen molar-refractivity contribution in [3.8, 4) is 0 Å². The molecule has 2 nitrogen and oxygen atoms in total. The molecular formula is C9H14AlClNO+. The number of nitrogens with zero attached hydrogens (tertiary/aromatic N) is 1. The number of pyridine rings is 1. The molecule has 0 amide bonds. The monoisotopic (exact) mass is 214 g/mol. The molecule has 0 bridgehead atoms. The molecule has 0 aliphatic carbocycles. The van der Waals surface area contributed by atoms with E-state index in [4.69, 9.17) is 3.80 Å². The second kappa shape index (κ2) is 9.86. The first kappa shape index (κ1) is 12.8. The van der Waals surface area contributed by atoms with Crippen LogP contribution in [0.2, 0.25) is 0 Å². The summed E-state index contributed by atoms with van der Waals surface area (Å²) in [4.78, 5) is 0. The van der Waals surface area contributed by atoms with E-state index in [1.807, 2.05) is 6.07 Å². The first-order valence-electron chi connectivity index (χ1n) is 4.33. The molecule has 1 heterocycles. The van der Waals surface area contributed by atoms with Gasteiger partial charge in [0.25, 0.3) is 0 Å². The minimum atomic E-state index is -1.03. The number of hydrogen-bond acceptors (Lipinski definition) is 1. The summed E-state index contributed by atoms with van der Waals surface area (Å²) in [5.74, 6) is 0. The zero-order valence-electron chi connectivity index (χ0n) is 7.82. The van der Waals surface area contributed by atoms with Crippen LogP contribution in [0.3, 0.4) is 0 Å². The van der Waals surface area contributed by atoms with Crippen molar-refractivity contribution < 1.29 is 8.37 Å². The molecule has 0 atom stereocenters. The Kier molecular flexibility index (Phi) is 9.68. The van der Waals surface area contributed by atoms with Crippen molar-refractivity contribution in [3.63, 3.8) is 0 Å². The molecule has 0 unspecified atom stereocenters. The van der Waals surface area contributed by atoms with Gasteiger partial charge in [0, 0.05) is 18.6 Å². The number of aryl methyl sites for hydroxylation is 1. The normalized spacial score (nSPS) is 8.15. The fourth-order valence-corrected chi connectivity index (χ4v) is 0.924. The number of aromatic nitrogens is 1. The SMILES string of the molecule is CCCC[n+]1ccccc1.[O]=[Al][Cl]. The van der Waals surface area contributed by atoms with E-state index in [0.29, 0.717) is 0 Å². The van der Waals surface area contributed by atoms with E-state index in [2.05, 4.69) is 46.1 Å². The van der Waals surface area contributed by atoms with Gasteiger partial charge in [0.1, 0.15) is 6.54 Å². The topological polar surface area (TPSA) is 20.9 Å². The fourth-order valence-electron chi connectivity index (χ4n) is 0.924. The molecule has 70 valence electrons. The summed E-state index contributed by atoms with van der Waals surface area (Å²) in [6.45, 7) is 3.36. The third-order valence-corrected chi connectivity index (χ3v) is 1.55. The molecule has 0 aromatic carbocycles. The van der Waals surface area contributed by atoms with Crippen molar-refractivity contribution >= 4 is 24.3 Å². The molecular weight excluding hydrogens is 201 g/mol. The van der Waals surface area contributed by atoms with Gasteiger partial charge in [-0.15, -0.1) is 0 Å². The van der Waals surface area contributed by atoms with E-state index in [1.165, 1.54) is 12.8 Å². The standard InChI is InChI=1S/C9H14N.Al.ClH.O/c1-2-3-7-10-8-5-4-6-9-10;;;/h4-6,8-9H,2-3,7H2,1H3;;1H;/q2*+1;;/p-1. The van der Waals surface area contributed by atoms with Gasteiger partial charge >= 0.3 is 28.1 Å². The van der Waals surface area contributed by atoms with E-state index < -0.39 is 14.2 Å². The van der Waals surface area contributed by atoms with E-state index in [0.717, 1.165) is 6.54 Å². The van der Waals surface area contributed by atoms with E-state index in [1.54, 1.807) is 0 Å². The van der Waals surface area contributed by atoms with Gasteiger partial charge in [0.15, 0.2) is 12.4 Å². The van der Waals surface area contributed by atoms with Crippen molar-refractivity contribution in [3.05, 3.63) is 30.6 Å². The van der Waals surface area contributed by atoms with E-state index >= 15 is 0 Å². The Morgan fingerprint density at radius 1 is 1.31 bits per heavy atom. The maximum absolute atomic E-state index is 8.78. The van der Waals surface area contributed by atoms with Gasteiger partial charge in [0.2, 0.25) is 0 Å². The molecule has 1 rings (SSSR count). The fraction of sp³-hybridized carbons (Fsp3) is 0.444. The summed E-state index contributed by atoms with van der Waals surface area (Å²) in [7, 11) is 4.53. The molecule has 1 aromatic heterocycles.